The zero-order chi connectivity index (χ0) is 22.1. The molecule has 29 heavy (non-hydrogen) atoms. The van der Waals surface area contributed by atoms with Gasteiger partial charge in [0.15, 0.2) is 0 Å². The number of hydrogen-bond acceptors (Lipinski definition) is 8. The van der Waals surface area contributed by atoms with E-state index in [0.29, 0.717) is 6.07 Å². The van der Waals surface area contributed by atoms with Crippen molar-refractivity contribution in [2.75, 3.05) is 0 Å². The molecule has 0 aliphatic heterocycles. The Bertz CT molecular complexity index is 1090. The van der Waals surface area contributed by atoms with Crippen LogP contribution in [0.25, 0.3) is 0 Å². The quantitative estimate of drug-likeness (QED) is 0.286. The minimum atomic E-state index is -4.80. The van der Waals surface area contributed by atoms with E-state index >= 15 is 0 Å². The number of phenolic OH excluding ortho intramolecular Hbond substituents is 3. The minimum Gasteiger partial charge on any atom is -0.508 e. The number of aromatic carboxylic acids is 1. The van der Waals surface area contributed by atoms with Gasteiger partial charge in [0.25, 0.3) is 10.1 Å². The second-order valence-electron chi connectivity index (χ2n) is 6.11. The number of aromatic hydroxyl groups is 4. The first-order valence-electron chi connectivity index (χ1n) is 7.87. The van der Waals surface area contributed by atoms with Crippen LogP contribution in [0.4, 0.5) is 0 Å². The Kier molecular flexibility index (Phi) is 5.90. The maximum absolute atomic E-state index is 12.0. The summed E-state index contributed by atoms with van der Waals surface area (Å²) < 4.78 is 31.3. The molecule has 0 saturated heterocycles. The van der Waals surface area contributed by atoms with Crippen molar-refractivity contribution in [1.29, 1.82) is 0 Å². The number of phenols is 4. The SMILES string of the molecule is CC(=O)N(Cc1cc(O)c(S(=O)(=O)O)cc1O)Cc1cc(O)cc(C(=O)O)c1O. The Balaban J connectivity index is 2.42. The molecule has 0 fully saturated rings. The molecule has 0 heterocycles. The van der Waals surface area contributed by atoms with Crippen molar-refractivity contribution in [3.63, 3.8) is 0 Å². The van der Waals surface area contributed by atoms with Crippen molar-refractivity contribution in [2.45, 2.75) is 24.9 Å². The van der Waals surface area contributed by atoms with Gasteiger partial charge in [-0.25, -0.2) is 4.79 Å². The highest BCUT2D eigenvalue weighted by Crippen LogP contribution is 2.33. The topological polar surface area (TPSA) is 193 Å². The fourth-order valence-corrected chi connectivity index (χ4v) is 3.17. The summed E-state index contributed by atoms with van der Waals surface area (Å²) in [4.78, 5) is 23.2. The van der Waals surface area contributed by atoms with Crippen molar-refractivity contribution in [3.05, 3.63) is 41.0 Å². The number of carbonyl (C=O) groups excluding carboxylic acids is 1. The second-order valence-corrected chi connectivity index (χ2v) is 7.49. The van der Waals surface area contributed by atoms with Gasteiger partial charge >= 0.3 is 5.97 Å². The summed E-state index contributed by atoms with van der Waals surface area (Å²) in [6.45, 7) is 0.384. The average Bonchev–Trinajstić information content (AvgIpc) is 2.58. The van der Waals surface area contributed by atoms with Gasteiger partial charge in [-0.3, -0.25) is 9.35 Å². The van der Waals surface area contributed by atoms with Crippen molar-refractivity contribution >= 4 is 22.0 Å². The number of amides is 1. The molecule has 1 amide bonds. The van der Waals surface area contributed by atoms with Gasteiger partial charge < -0.3 is 30.4 Å². The maximum Gasteiger partial charge on any atom is 0.339 e. The molecule has 0 aliphatic rings. The highest BCUT2D eigenvalue weighted by molar-refractivity contribution is 7.86. The van der Waals surface area contributed by atoms with Crippen LogP contribution >= 0.6 is 0 Å². The van der Waals surface area contributed by atoms with Gasteiger partial charge in [-0.2, -0.15) is 8.42 Å². The Morgan fingerprint density at radius 2 is 1.52 bits per heavy atom. The van der Waals surface area contributed by atoms with Crippen molar-refractivity contribution < 1.29 is 48.1 Å². The van der Waals surface area contributed by atoms with Gasteiger partial charge in [0.2, 0.25) is 5.91 Å². The summed E-state index contributed by atoms with van der Waals surface area (Å²) in [6.07, 6.45) is 0. The Hall–Kier alpha value is -3.51. The smallest absolute Gasteiger partial charge is 0.339 e. The maximum atomic E-state index is 12.0. The Morgan fingerprint density at radius 3 is 2.03 bits per heavy atom. The third kappa shape index (κ3) is 4.86. The summed E-state index contributed by atoms with van der Waals surface area (Å²) >= 11 is 0. The molecule has 0 radical (unpaired) electrons. The van der Waals surface area contributed by atoms with Crippen LogP contribution in [0.15, 0.2) is 29.2 Å². The first-order valence-corrected chi connectivity index (χ1v) is 9.31. The van der Waals surface area contributed by atoms with Crippen LogP contribution in [0.1, 0.15) is 28.4 Å². The number of rotatable bonds is 6. The third-order valence-corrected chi connectivity index (χ3v) is 4.89. The van der Waals surface area contributed by atoms with E-state index in [-0.39, 0.29) is 24.2 Å². The van der Waals surface area contributed by atoms with Crippen LogP contribution in [0, 0.1) is 0 Å². The van der Waals surface area contributed by atoms with E-state index in [1.54, 1.807) is 0 Å². The van der Waals surface area contributed by atoms with Crippen LogP contribution in [0.2, 0.25) is 0 Å². The summed E-state index contributed by atoms with van der Waals surface area (Å²) in [5.41, 5.74) is -0.777. The van der Waals surface area contributed by atoms with Crippen LogP contribution in [-0.4, -0.2) is 55.3 Å². The largest absolute Gasteiger partial charge is 0.508 e. The molecule has 0 spiro atoms. The summed E-state index contributed by atoms with van der Waals surface area (Å²) in [5.74, 6) is -4.73. The average molecular weight is 427 g/mol. The van der Waals surface area contributed by atoms with Gasteiger partial charge in [-0.1, -0.05) is 0 Å². The molecule has 0 bridgehead atoms. The van der Waals surface area contributed by atoms with E-state index < -0.39 is 55.5 Å². The summed E-state index contributed by atoms with van der Waals surface area (Å²) in [5, 5.41) is 48.6. The molecule has 6 N–H and O–H groups in total. The lowest BCUT2D eigenvalue weighted by Crippen LogP contribution is -2.28. The molecular formula is C17H17NO10S. The second kappa shape index (κ2) is 7.85. The minimum absolute atomic E-state index is 0.0943. The molecule has 11 nitrogen and oxygen atoms in total. The van der Waals surface area contributed by atoms with E-state index in [2.05, 4.69) is 0 Å². The van der Waals surface area contributed by atoms with E-state index in [1.165, 1.54) is 0 Å². The van der Waals surface area contributed by atoms with Crippen molar-refractivity contribution in [3.8, 4) is 23.0 Å². The Labute approximate surface area is 164 Å². The number of carboxylic acid groups (broad SMARTS) is 1. The highest BCUT2D eigenvalue weighted by Gasteiger charge is 2.22. The molecule has 0 unspecified atom stereocenters. The lowest BCUT2D eigenvalue weighted by atomic mass is 10.1. The first kappa shape index (κ1) is 21.8. The van der Waals surface area contributed by atoms with Gasteiger partial charge in [-0.15, -0.1) is 0 Å². The molecule has 0 saturated carbocycles. The van der Waals surface area contributed by atoms with Gasteiger partial charge in [-0.05, 0) is 18.2 Å². The zero-order valence-corrected chi connectivity index (χ0v) is 15.7. The van der Waals surface area contributed by atoms with E-state index in [0.717, 1.165) is 30.0 Å². The van der Waals surface area contributed by atoms with Gasteiger partial charge in [0.05, 0.1) is 0 Å². The van der Waals surface area contributed by atoms with E-state index in [4.69, 9.17) is 9.66 Å². The predicted octanol–water partition coefficient (Wildman–Crippen LogP) is 1.00. The number of benzene rings is 2. The highest BCUT2D eigenvalue weighted by atomic mass is 32.2. The lowest BCUT2D eigenvalue weighted by molar-refractivity contribution is -0.130. The third-order valence-electron chi connectivity index (χ3n) is 4.01. The molecule has 0 aromatic heterocycles. The molecule has 2 aromatic carbocycles. The fourth-order valence-electron chi connectivity index (χ4n) is 2.59. The molecule has 12 heteroatoms. The summed E-state index contributed by atoms with van der Waals surface area (Å²) in [7, 11) is -4.80. The van der Waals surface area contributed by atoms with Crippen LogP contribution < -0.4 is 0 Å². The number of carbonyl (C=O) groups is 2. The van der Waals surface area contributed by atoms with Crippen LogP contribution in [0.5, 0.6) is 23.0 Å². The normalized spacial score (nSPS) is 11.2. The molecule has 2 rings (SSSR count). The number of carboxylic acids is 1. The molecule has 156 valence electrons. The van der Waals surface area contributed by atoms with E-state index in [9.17, 15) is 38.4 Å². The molecular weight excluding hydrogens is 410 g/mol. The van der Waals surface area contributed by atoms with Crippen molar-refractivity contribution in [2.24, 2.45) is 0 Å². The molecule has 0 atom stereocenters. The first-order chi connectivity index (χ1) is 13.3. The van der Waals surface area contributed by atoms with Gasteiger partial charge in [0.1, 0.15) is 33.5 Å². The lowest BCUT2D eigenvalue weighted by Gasteiger charge is -2.23. The van der Waals surface area contributed by atoms with Crippen molar-refractivity contribution in [1.82, 2.24) is 4.90 Å². The Morgan fingerprint density at radius 1 is 0.931 bits per heavy atom. The monoisotopic (exact) mass is 427 g/mol. The number of hydrogen-bond donors (Lipinski definition) is 6. The van der Waals surface area contributed by atoms with Gasteiger partial charge in [0, 0.05) is 37.2 Å². The molecule has 2 aromatic rings. The summed E-state index contributed by atoms with van der Waals surface area (Å²) in [6, 6.07) is 3.32. The van der Waals surface area contributed by atoms with E-state index in [1.807, 2.05) is 0 Å². The fraction of sp³-hybridized carbons (Fsp3) is 0.176. The standard InChI is InChI=1S/C17H17NO10S/c1-8(19)18(7-10-2-11(20)4-12(16(10)23)17(24)25)6-9-3-14(22)15(5-13(9)21)29(26,27)28/h2-5,20-23H,6-7H2,1H3,(H,24,25)(H,26,27,28). The van der Waals surface area contributed by atoms with Crippen LogP contribution in [-0.2, 0) is 28.0 Å². The number of nitrogens with zero attached hydrogens (tertiary/aromatic N) is 1. The zero-order valence-electron chi connectivity index (χ0n) is 14.9. The molecule has 0 aliphatic carbocycles. The van der Waals surface area contributed by atoms with Crippen LogP contribution in [0.3, 0.4) is 0 Å². The predicted molar refractivity (Wildman–Crippen MR) is 96.2 cm³/mol.